The van der Waals surface area contributed by atoms with Gasteiger partial charge in [0.25, 0.3) is 0 Å². The Balaban J connectivity index is 2.39. The number of aryl methyl sites for hydroxylation is 1. The fourth-order valence-corrected chi connectivity index (χ4v) is 2.33. The van der Waals surface area contributed by atoms with Crippen LogP contribution >= 0.6 is 11.6 Å². The van der Waals surface area contributed by atoms with Crippen molar-refractivity contribution in [2.75, 3.05) is 0 Å². The van der Waals surface area contributed by atoms with Crippen molar-refractivity contribution in [2.45, 2.75) is 24.9 Å². The highest BCUT2D eigenvalue weighted by Crippen LogP contribution is 2.36. The summed E-state index contributed by atoms with van der Waals surface area (Å²) < 4.78 is 51.9. The second-order valence-electron chi connectivity index (χ2n) is 4.69. The summed E-state index contributed by atoms with van der Waals surface area (Å²) in [4.78, 5) is 0. The molecule has 1 unspecified atom stereocenters. The van der Waals surface area contributed by atoms with Crippen LogP contribution in [0.2, 0.25) is 0 Å². The normalized spacial score (nSPS) is 13.2. The molecule has 5 heteroatoms. The van der Waals surface area contributed by atoms with Crippen LogP contribution in [0, 0.1) is 5.82 Å². The van der Waals surface area contributed by atoms with Crippen LogP contribution in [-0.4, -0.2) is 0 Å². The van der Waals surface area contributed by atoms with Gasteiger partial charge in [0.15, 0.2) is 0 Å². The van der Waals surface area contributed by atoms with Crippen molar-refractivity contribution >= 4 is 11.6 Å². The molecule has 0 nitrogen and oxygen atoms in total. The van der Waals surface area contributed by atoms with Crippen LogP contribution in [0.5, 0.6) is 0 Å². The SMILES string of the molecule is CCc1ccc(C(Cl)c2cc(C(F)(F)F)ccc2F)cc1. The summed E-state index contributed by atoms with van der Waals surface area (Å²) in [6.45, 7) is 1.99. The Labute approximate surface area is 125 Å². The third-order valence-corrected chi connectivity index (χ3v) is 3.76. The van der Waals surface area contributed by atoms with E-state index in [9.17, 15) is 17.6 Å². The molecule has 0 N–H and O–H groups in total. The van der Waals surface area contributed by atoms with Crippen LogP contribution in [-0.2, 0) is 12.6 Å². The minimum Gasteiger partial charge on any atom is -0.207 e. The van der Waals surface area contributed by atoms with Gasteiger partial charge in [0.05, 0.1) is 10.9 Å². The largest absolute Gasteiger partial charge is 0.416 e. The molecule has 0 saturated carbocycles. The smallest absolute Gasteiger partial charge is 0.207 e. The molecule has 1 atom stereocenters. The van der Waals surface area contributed by atoms with Gasteiger partial charge >= 0.3 is 6.18 Å². The third kappa shape index (κ3) is 3.56. The van der Waals surface area contributed by atoms with Gasteiger partial charge in [-0.2, -0.15) is 13.2 Å². The predicted octanol–water partition coefficient (Wildman–Crippen LogP) is 5.74. The van der Waals surface area contributed by atoms with E-state index in [1.165, 1.54) is 0 Å². The van der Waals surface area contributed by atoms with E-state index in [4.69, 9.17) is 11.6 Å². The summed E-state index contributed by atoms with van der Waals surface area (Å²) >= 11 is 6.15. The Morgan fingerprint density at radius 3 is 2.19 bits per heavy atom. The monoisotopic (exact) mass is 316 g/mol. The highest BCUT2D eigenvalue weighted by molar-refractivity contribution is 6.22. The maximum atomic E-state index is 13.8. The van der Waals surface area contributed by atoms with E-state index in [1.54, 1.807) is 12.1 Å². The van der Waals surface area contributed by atoms with Crippen molar-refractivity contribution in [3.05, 3.63) is 70.5 Å². The maximum Gasteiger partial charge on any atom is 0.416 e. The fourth-order valence-electron chi connectivity index (χ4n) is 2.02. The number of hydrogen-bond acceptors (Lipinski definition) is 0. The van der Waals surface area contributed by atoms with Gasteiger partial charge in [-0.25, -0.2) is 4.39 Å². The Hall–Kier alpha value is -1.55. The van der Waals surface area contributed by atoms with Crippen molar-refractivity contribution in [1.82, 2.24) is 0 Å². The first-order valence-corrected chi connectivity index (χ1v) is 6.86. The number of hydrogen-bond donors (Lipinski definition) is 0. The lowest BCUT2D eigenvalue weighted by Crippen LogP contribution is -2.07. The molecule has 0 heterocycles. The van der Waals surface area contributed by atoms with Crippen LogP contribution in [0.1, 0.15) is 34.6 Å². The molecule has 0 aromatic heterocycles. The van der Waals surface area contributed by atoms with E-state index >= 15 is 0 Å². The first-order chi connectivity index (χ1) is 9.82. The average Bonchev–Trinajstić information content (AvgIpc) is 2.46. The summed E-state index contributed by atoms with van der Waals surface area (Å²) in [7, 11) is 0. The highest BCUT2D eigenvalue weighted by atomic mass is 35.5. The van der Waals surface area contributed by atoms with Crippen LogP contribution < -0.4 is 0 Å². The molecule has 0 saturated heterocycles. The average molecular weight is 317 g/mol. The molecule has 0 bridgehead atoms. The van der Waals surface area contributed by atoms with Crippen molar-refractivity contribution in [2.24, 2.45) is 0 Å². The quantitative estimate of drug-likeness (QED) is 0.500. The molecule has 2 aromatic carbocycles. The number of halogens is 5. The summed E-state index contributed by atoms with van der Waals surface area (Å²) in [5.41, 5.74) is 0.560. The van der Waals surface area contributed by atoms with E-state index in [0.29, 0.717) is 11.6 Å². The molecule has 0 spiro atoms. The second-order valence-corrected chi connectivity index (χ2v) is 5.13. The van der Waals surface area contributed by atoms with E-state index in [0.717, 1.165) is 24.1 Å². The lowest BCUT2D eigenvalue weighted by Gasteiger charge is -2.14. The third-order valence-electron chi connectivity index (χ3n) is 3.28. The summed E-state index contributed by atoms with van der Waals surface area (Å²) in [5.74, 6) is -0.748. The second kappa shape index (κ2) is 6.06. The molecular weight excluding hydrogens is 304 g/mol. The molecular formula is C16H13ClF4. The maximum absolute atomic E-state index is 13.8. The van der Waals surface area contributed by atoms with Crippen LogP contribution in [0.15, 0.2) is 42.5 Å². The zero-order valence-electron chi connectivity index (χ0n) is 11.2. The van der Waals surface area contributed by atoms with Gasteiger partial charge in [-0.1, -0.05) is 31.2 Å². The predicted molar refractivity (Wildman–Crippen MR) is 74.9 cm³/mol. The van der Waals surface area contributed by atoms with Crippen molar-refractivity contribution in [3.8, 4) is 0 Å². The Morgan fingerprint density at radius 1 is 1.05 bits per heavy atom. The Bertz CT molecular complexity index is 617. The lowest BCUT2D eigenvalue weighted by atomic mass is 10.00. The Kier molecular flexibility index (Phi) is 4.57. The van der Waals surface area contributed by atoms with Gasteiger partial charge in [0.1, 0.15) is 5.82 Å². The molecule has 0 aliphatic carbocycles. The summed E-state index contributed by atoms with van der Waals surface area (Å²) in [6, 6.07) is 9.34. The molecule has 112 valence electrons. The number of alkyl halides is 4. The Morgan fingerprint density at radius 2 is 1.67 bits per heavy atom. The molecule has 0 aliphatic heterocycles. The van der Waals surface area contributed by atoms with Gasteiger partial charge in [0, 0.05) is 5.56 Å². The van der Waals surface area contributed by atoms with Gasteiger partial charge in [-0.05, 0) is 35.7 Å². The molecule has 0 fully saturated rings. The van der Waals surface area contributed by atoms with Crippen LogP contribution in [0.4, 0.5) is 17.6 Å². The minimum atomic E-state index is -4.52. The molecule has 0 aliphatic rings. The lowest BCUT2D eigenvalue weighted by molar-refractivity contribution is -0.137. The summed E-state index contributed by atoms with van der Waals surface area (Å²) in [6.07, 6.45) is -3.68. The van der Waals surface area contributed by atoms with Crippen molar-refractivity contribution in [1.29, 1.82) is 0 Å². The zero-order chi connectivity index (χ0) is 15.6. The van der Waals surface area contributed by atoms with E-state index in [-0.39, 0.29) is 5.56 Å². The summed E-state index contributed by atoms with van der Waals surface area (Å²) in [5, 5.41) is -0.960. The zero-order valence-corrected chi connectivity index (χ0v) is 12.0. The standard InChI is InChI=1S/C16H13ClF4/c1-2-10-3-5-11(6-4-10)15(17)13-9-12(16(19,20)21)7-8-14(13)18/h3-9,15H,2H2,1H3. The van der Waals surface area contributed by atoms with Gasteiger partial charge in [0.2, 0.25) is 0 Å². The van der Waals surface area contributed by atoms with Gasteiger partial charge < -0.3 is 0 Å². The van der Waals surface area contributed by atoms with Crippen molar-refractivity contribution in [3.63, 3.8) is 0 Å². The number of benzene rings is 2. The van der Waals surface area contributed by atoms with Crippen LogP contribution in [0.3, 0.4) is 0 Å². The molecule has 0 amide bonds. The topological polar surface area (TPSA) is 0 Å². The molecule has 21 heavy (non-hydrogen) atoms. The molecule has 2 aromatic rings. The van der Waals surface area contributed by atoms with Crippen LogP contribution in [0.25, 0.3) is 0 Å². The first kappa shape index (κ1) is 15.8. The van der Waals surface area contributed by atoms with Gasteiger partial charge in [-0.3, -0.25) is 0 Å². The van der Waals surface area contributed by atoms with E-state index in [2.05, 4.69) is 0 Å². The van der Waals surface area contributed by atoms with Crippen molar-refractivity contribution < 1.29 is 17.6 Å². The minimum absolute atomic E-state index is 0.171. The number of rotatable bonds is 3. The highest BCUT2D eigenvalue weighted by Gasteiger charge is 2.32. The van der Waals surface area contributed by atoms with E-state index in [1.807, 2.05) is 19.1 Å². The van der Waals surface area contributed by atoms with Gasteiger partial charge in [-0.15, -0.1) is 11.6 Å². The van der Waals surface area contributed by atoms with E-state index < -0.39 is 22.9 Å². The fraction of sp³-hybridized carbons (Fsp3) is 0.250. The molecule has 0 radical (unpaired) electrons. The molecule has 2 rings (SSSR count). The first-order valence-electron chi connectivity index (χ1n) is 6.42.